The molecule has 0 saturated heterocycles. The highest BCUT2D eigenvalue weighted by atomic mass is 79.9. The summed E-state index contributed by atoms with van der Waals surface area (Å²) >= 11 is 4.94. The molecule has 0 radical (unpaired) electrons. The number of amides is 1. The predicted molar refractivity (Wildman–Crippen MR) is 77.3 cm³/mol. The molecule has 5 heteroatoms. The number of hydrogen-bond acceptors (Lipinski definition) is 3. The normalized spacial score (nSPS) is 10.1. The van der Waals surface area contributed by atoms with Crippen LogP contribution >= 0.6 is 27.3 Å². The van der Waals surface area contributed by atoms with Crippen LogP contribution in [0.25, 0.3) is 0 Å². The molecule has 1 N–H and O–H groups in total. The van der Waals surface area contributed by atoms with Crippen LogP contribution in [0.2, 0.25) is 0 Å². The molecule has 1 heterocycles. The van der Waals surface area contributed by atoms with E-state index in [2.05, 4.69) is 21.2 Å². The van der Waals surface area contributed by atoms with Gasteiger partial charge in [-0.15, -0.1) is 11.3 Å². The Kier molecular flexibility index (Phi) is 4.38. The standard InChI is InChI=1S/C13H12BrNO2S/c1-17-11-5-3-2-4-10(11)15-13(16)8-9-6-7-12(14)18-9/h2-7H,8H2,1H3,(H,15,16). The van der Waals surface area contributed by atoms with Gasteiger partial charge in [0.05, 0.1) is 23.0 Å². The van der Waals surface area contributed by atoms with Crippen LogP contribution in [0, 0.1) is 0 Å². The van der Waals surface area contributed by atoms with E-state index >= 15 is 0 Å². The fraction of sp³-hybridized carbons (Fsp3) is 0.154. The summed E-state index contributed by atoms with van der Waals surface area (Å²) in [5.41, 5.74) is 0.695. The lowest BCUT2D eigenvalue weighted by atomic mass is 10.2. The van der Waals surface area contributed by atoms with Gasteiger partial charge in [-0.05, 0) is 40.2 Å². The van der Waals surface area contributed by atoms with Gasteiger partial charge >= 0.3 is 0 Å². The molecule has 0 atom stereocenters. The topological polar surface area (TPSA) is 38.3 Å². The van der Waals surface area contributed by atoms with Crippen molar-refractivity contribution in [3.05, 3.63) is 45.1 Å². The van der Waals surface area contributed by atoms with Gasteiger partial charge in [-0.3, -0.25) is 4.79 Å². The van der Waals surface area contributed by atoms with E-state index in [1.807, 2.05) is 36.4 Å². The molecule has 0 saturated carbocycles. The van der Waals surface area contributed by atoms with Crippen LogP contribution < -0.4 is 10.1 Å². The van der Waals surface area contributed by atoms with Crippen molar-refractivity contribution in [1.29, 1.82) is 0 Å². The number of carbonyl (C=O) groups excluding carboxylic acids is 1. The van der Waals surface area contributed by atoms with Crippen molar-refractivity contribution in [2.45, 2.75) is 6.42 Å². The van der Waals surface area contributed by atoms with E-state index < -0.39 is 0 Å². The molecule has 1 amide bonds. The van der Waals surface area contributed by atoms with Gasteiger partial charge < -0.3 is 10.1 Å². The fourth-order valence-electron chi connectivity index (χ4n) is 1.55. The Morgan fingerprint density at radius 2 is 2.11 bits per heavy atom. The Morgan fingerprint density at radius 1 is 1.33 bits per heavy atom. The number of hydrogen-bond donors (Lipinski definition) is 1. The van der Waals surface area contributed by atoms with E-state index in [9.17, 15) is 4.79 Å². The molecular formula is C13H12BrNO2S. The van der Waals surface area contributed by atoms with Gasteiger partial charge in [-0.25, -0.2) is 0 Å². The fourth-order valence-corrected chi connectivity index (χ4v) is 3.03. The molecule has 0 unspecified atom stereocenters. The van der Waals surface area contributed by atoms with E-state index in [1.54, 1.807) is 18.4 Å². The Balaban J connectivity index is 2.03. The number of carbonyl (C=O) groups is 1. The van der Waals surface area contributed by atoms with Gasteiger partial charge in [0.15, 0.2) is 0 Å². The molecule has 1 aromatic carbocycles. The van der Waals surface area contributed by atoms with Crippen molar-refractivity contribution in [2.75, 3.05) is 12.4 Å². The zero-order valence-corrected chi connectivity index (χ0v) is 12.2. The van der Waals surface area contributed by atoms with Crippen molar-refractivity contribution in [2.24, 2.45) is 0 Å². The quantitative estimate of drug-likeness (QED) is 0.930. The first-order valence-electron chi connectivity index (χ1n) is 5.36. The molecule has 94 valence electrons. The molecular weight excluding hydrogens is 314 g/mol. The minimum Gasteiger partial charge on any atom is -0.495 e. The van der Waals surface area contributed by atoms with Crippen LogP contribution in [0.4, 0.5) is 5.69 Å². The first-order valence-corrected chi connectivity index (χ1v) is 6.97. The summed E-state index contributed by atoms with van der Waals surface area (Å²) in [7, 11) is 1.58. The number of methoxy groups -OCH3 is 1. The number of anilines is 1. The second kappa shape index (κ2) is 6.02. The Morgan fingerprint density at radius 3 is 2.78 bits per heavy atom. The first kappa shape index (κ1) is 13.1. The molecule has 0 fully saturated rings. The average Bonchev–Trinajstić information content (AvgIpc) is 2.75. The van der Waals surface area contributed by atoms with Crippen LogP contribution in [0.1, 0.15) is 4.88 Å². The molecule has 18 heavy (non-hydrogen) atoms. The van der Waals surface area contributed by atoms with Crippen molar-refractivity contribution in [3.63, 3.8) is 0 Å². The molecule has 1 aromatic heterocycles. The summed E-state index contributed by atoms with van der Waals surface area (Å²) in [6, 6.07) is 11.2. The third kappa shape index (κ3) is 3.34. The number of halogens is 1. The number of thiophene rings is 1. The van der Waals surface area contributed by atoms with E-state index in [0.717, 1.165) is 8.66 Å². The molecule has 0 aliphatic carbocycles. The monoisotopic (exact) mass is 325 g/mol. The first-order chi connectivity index (χ1) is 8.69. The van der Waals surface area contributed by atoms with Crippen molar-refractivity contribution >= 4 is 38.9 Å². The molecule has 2 aromatic rings. The van der Waals surface area contributed by atoms with E-state index in [0.29, 0.717) is 17.9 Å². The zero-order valence-electron chi connectivity index (χ0n) is 9.77. The molecule has 0 aliphatic rings. The van der Waals surface area contributed by atoms with Gasteiger partial charge in [0.25, 0.3) is 0 Å². The molecule has 3 nitrogen and oxygen atoms in total. The Hall–Kier alpha value is -1.33. The summed E-state index contributed by atoms with van der Waals surface area (Å²) in [6.45, 7) is 0. The Labute approximate surface area is 118 Å². The van der Waals surface area contributed by atoms with Gasteiger partial charge in [0.2, 0.25) is 5.91 Å². The summed E-state index contributed by atoms with van der Waals surface area (Å²) in [4.78, 5) is 12.9. The lowest BCUT2D eigenvalue weighted by molar-refractivity contribution is -0.115. The summed E-state index contributed by atoms with van der Waals surface area (Å²) in [6.07, 6.45) is 0.369. The van der Waals surface area contributed by atoms with Gasteiger partial charge in [0, 0.05) is 4.88 Å². The maximum Gasteiger partial charge on any atom is 0.229 e. The van der Waals surface area contributed by atoms with Crippen LogP contribution in [-0.2, 0) is 11.2 Å². The van der Waals surface area contributed by atoms with E-state index in [4.69, 9.17) is 4.74 Å². The highest BCUT2D eigenvalue weighted by Gasteiger charge is 2.08. The van der Waals surface area contributed by atoms with Crippen molar-refractivity contribution in [3.8, 4) is 5.75 Å². The van der Waals surface area contributed by atoms with E-state index in [-0.39, 0.29) is 5.91 Å². The maximum absolute atomic E-state index is 11.9. The highest BCUT2D eigenvalue weighted by molar-refractivity contribution is 9.11. The molecule has 0 aliphatic heterocycles. The Bertz CT molecular complexity index is 553. The lowest BCUT2D eigenvalue weighted by Gasteiger charge is -2.09. The van der Waals surface area contributed by atoms with Crippen LogP contribution in [0.5, 0.6) is 5.75 Å². The minimum atomic E-state index is -0.0474. The zero-order chi connectivity index (χ0) is 13.0. The molecule has 0 spiro atoms. The van der Waals surface area contributed by atoms with Crippen LogP contribution in [0.3, 0.4) is 0 Å². The number of rotatable bonds is 4. The van der Waals surface area contributed by atoms with Gasteiger partial charge in [-0.1, -0.05) is 12.1 Å². The molecule has 0 bridgehead atoms. The largest absolute Gasteiger partial charge is 0.495 e. The third-order valence-electron chi connectivity index (χ3n) is 2.34. The van der Waals surface area contributed by atoms with E-state index in [1.165, 1.54) is 0 Å². The summed E-state index contributed by atoms with van der Waals surface area (Å²) < 4.78 is 6.21. The summed E-state index contributed by atoms with van der Waals surface area (Å²) in [5, 5.41) is 2.85. The molecule has 2 rings (SSSR count). The number of benzene rings is 1. The SMILES string of the molecule is COc1ccccc1NC(=O)Cc1ccc(Br)s1. The summed E-state index contributed by atoms with van der Waals surface area (Å²) in [5.74, 6) is 0.618. The third-order valence-corrected chi connectivity index (χ3v) is 3.97. The lowest BCUT2D eigenvalue weighted by Crippen LogP contribution is -2.14. The number of para-hydroxylation sites is 2. The smallest absolute Gasteiger partial charge is 0.229 e. The predicted octanol–water partition coefficient (Wildman–Crippen LogP) is 3.70. The highest BCUT2D eigenvalue weighted by Crippen LogP contribution is 2.25. The maximum atomic E-state index is 11.9. The van der Waals surface area contributed by atoms with Gasteiger partial charge in [-0.2, -0.15) is 0 Å². The number of ether oxygens (including phenoxy) is 1. The van der Waals surface area contributed by atoms with Crippen molar-refractivity contribution in [1.82, 2.24) is 0 Å². The van der Waals surface area contributed by atoms with Gasteiger partial charge in [0.1, 0.15) is 5.75 Å². The minimum absolute atomic E-state index is 0.0474. The second-order valence-corrected chi connectivity index (χ2v) is 6.18. The average molecular weight is 326 g/mol. The second-order valence-electron chi connectivity index (χ2n) is 3.63. The van der Waals surface area contributed by atoms with Crippen molar-refractivity contribution < 1.29 is 9.53 Å². The van der Waals surface area contributed by atoms with Crippen LogP contribution in [0.15, 0.2) is 40.2 Å². The number of nitrogens with one attached hydrogen (secondary N) is 1. The van der Waals surface area contributed by atoms with Crippen LogP contribution in [-0.4, -0.2) is 13.0 Å².